The van der Waals surface area contributed by atoms with Crippen LogP contribution in [-0.4, -0.2) is 14.5 Å². The molecule has 1 aromatic carbocycles. The third-order valence-corrected chi connectivity index (χ3v) is 5.89. The normalized spacial score (nSPS) is 23.7. The number of anilines is 1. The Labute approximate surface area is 125 Å². The lowest BCUT2D eigenvalue weighted by Gasteiger charge is -2.28. The summed E-state index contributed by atoms with van der Waals surface area (Å²) in [7, 11) is -3.51. The number of hydrogen-bond acceptors (Lipinski definition) is 3. The third-order valence-electron chi connectivity index (χ3n) is 4.02. The Morgan fingerprint density at radius 3 is 2.50 bits per heavy atom. The van der Waals surface area contributed by atoms with Gasteiger partial charge >= 0.3 is 0 Å². The highest BCUT2D eigenvalue weighted by atomic mass is 35.5. The second-order valence-corrected chi connectivity index (χ2v) is 7.55. The first kappa shape index (κ1) is 15.6. The average Bonchev–Trinajstić information content (AvgIpc) is 2.42. The number of halogens is 1. The third kappa shape index (κ3) is 3.65. The van der Waals surface area contributed by atoms with Gasteiger partial charge in [0.1, 0.15) is 0 Å². The number of nitrogen functional groups attached to an aromatic ring is 1. The zero-order chi connectivity index (χ0) is 14.8. The molecule has 112 valence electrons. The van der Waals surface area contributed by atoms with Crippen LogP contribution in [0.4, 0.5) is 5.69 Å². The second kappa shape index (κ2) is 6.33. The molecule has 2 rings (SSSR count). The van der Waals surface area contributed by atoms with E-state index < -0.39 is 10.0 Å². The van der Waals surface area contributed by atoms with Crippen molar-refractivity contribution < 1.29 is 8.42 Å². The van der Waals surface area contributed by atoms with Crippen molar-refractivity contribution in [1.29, 1.82) is 0 Å². The zero-order valence-electron chi connectivity index (χ0n) is 11.6. The van der Waals surface area contributed by atoms with Crippen LogP contribution in [-0.2, 0) is 10.0 Å². The van der Waals surface area contributed by atoms with Crippen LogP contribution in [0.1, 0.15) is 39.0 Å². The van der Waals surface area contributed by atoms with E-state index in [4.69, 9.17) is 17.3 Å². The molecule has 1 aliphatic rings. The molecule has 6 heteroatoms. The van der Waals surface area contributed by atoms with Gasteiger partial charge in [0.25, 0.3) is 0 Å². The summed E-state index contributed by atoms with van der Waals surface area (Å²) in [5, 5.41) is 0.368. The van der Waals surface area contributed by atoms with Crippen LogP contribution < -0.4 is 10.5 Å². The van der Waals surface area contributed by atoms with Gasteiger partial charge in [0, 0.05) is 6.04 Å². The van der Waals surface area contributed by atoms with E-state index >= 15 is 0 Å². The number of nitrogens with one attached hydrogen (secondary N) is 1. The molecule has 0 heterocycles. The van der Waals surface area contributed by atoms with Crippen molar-refractivity contribution in [2.45, 2.75) is 50.0 Å². The lowest BCUT2D eigenvalue weighted by molar-refractivity contribution is 0.306. The van der Waals surface area contributed by atoms with Crippen LogP contribution in [0.5, 0.6) is 0 Å². The molecular weight excluding hydrogens is 296 g/mol. The lowest BCUT2D eigenvalue weighted by atomic mass is 9.85. The summed E-state index contributed by atoms with van der Waals surface area (Å²) < 4.78 is 27.4. The number of nitrogens with two attached hydrogens (primary N) is 1. The van der Waals surface area contributed by atoms with Gasteiger partial charge < -0.3 is 5.73 Å². The standard InChI is InChI=1S/C14H21ClN2O2S/c1-2-10-3-5-11(6-4-10)17-20(18,19)12-7-8-13(15)14(16)9-12/h7-11,17H,2-6,16H2,1H3. The number of rotatable bonds is 4. The Morgan fingerprint density at radius 1 is 1.30 bits per heavy atom. The quantitative estimate of drug-likeness (QED) is 0.838. The molecule has 3 N–H and O–H groups in total. The molecule has 0 saturated heterocycles. The number of sulfonamides is 1. The minimum atomic E-state index is -3.51. The summed E-state index contributed by atoms with van der Waals surface area (Å²) in [6.07, 6.45) is 5.16. The minimum Gasteiger partial charge on any atom is -0.397 e. The molecule has 1 saturated carbocycles. The summed E-state index contributed by atoms with van der Waals surface area (Å²) in [5.74, 6) is 0.738. The molecule has 0 unspecified atom stereocenters. The Kier molecular flexibility index (Phi) is 4.94. The van der Waals surface area contributed by atoms with Gasteiger partial charge in [0.2, 0.25) is 10.0 Å². The van der Waals surface area contributed by atoms with E-state index in [0.29, 0.717) is 5.02 Å². The second-order valence-electron chi connectivity index (χ2n) is 5.43. The smallest absolute Gasteiger partial charge is 0.240 e. The first-order valence-corrected chi connectivity index (χ1v) is 8.86. The maximum atomic E-state index is 12.3. The molecule has 20 heavy (non-hydrogen) atoms. The Morgan fingerprint density at radius 2 is 1.95 bits per heavy atom. The van der Waals surface area contributed by atoms with Crippen LogP contribution in [0.15, 0.2) is 23.1 Å². The summed E-state index contributed by atoms with van der Waals surface area (Å²) in [6.45, 7) is 2.19. The monoisotopic (exact) mass is 316 g/mol. The van der Waals surface area contributed by atoms with Crippen molar-refractivity contribution in [3.8, 4) is 0 Å². The molecule has 0 aliphatic heterocycles. The van der Waals surface area contributed by atoms with Crippen molar-refractivity contribution >= 4 is 27.3 Å². The van der Waals surface area contributed by atoms with Crippen molar-refractivity contribution in [1.82, 2.24) is 4.72 Å². The fourth-order valence-electron chi connectivity index (χ4n) is 2.66. The number of benzene rings is 1. The maximum Gasteiger partial charge on any atom is 0.240 e. The van der Waals surface area contributed by atoms with Gasteiger partial charge in [0.05, 0.1) is 15.6 Å². The predicted molar refractivity (Wildman–Crippen MR) is 82.2 cm³/mol. The summed E-state index contributed by atoms with van der Waals surface area (Å²) in [6, 6.07) is 4.43. The lowest BCUT2D eigenvalue weighted by Crippen LogP contribution is -2.37. The van der Waals surface area contributed by atoms with Crippen LogP contribution >= 0.6 is 11.6 Å². The van der Waals surface area contributed by atoms with E-state index in [1.54, 1.807) is 0 Å². The highest BCUT2D eigenvalue weighted by molar-refractivity contribution is 7.89. The Balaban J connectivity index is 2.06. The van der Waals surface area contributed by atoms with E-state index in [9.17, 15) is 8.42 Å². The van der Waals surface area contributed by atoms with Crippen LogP contribution in [0, 0.1) is 5.92 Å². The molecule has 1 fully saturated rings. The van der Waals surface area contributed by atoms with Gasteiger partial charge in [-0.3, -0.25) is 0 Å². The Hall–Kier alpha value is -0.780. The van der Waals surface area contributed by atoms with Crippen LogP contribution in [0.2, 0.25) is 5.02 Å². The highest BCUT2D eigenvalue weighted by Crippen LogP contribution is 2.28. The molecule has 1 aromatic rings. The summed E-state index contributed by atoms with van der Waals surface area (Å²) >= 11 is 5.81. The van der Waals surface area contributed by atoms with E-state index in [1.807, 2.05) is 0 Å². The largest absolute Gasteiger partial charge is 0.397 e. The van der Waals surface area contributed by atoms with Gasteiger partial charge in [-0.15, -0.1) is 0 Å². The average molecular weight is 317 g/mol. The molecular formula is C14H21ClN2O2S. The Bertz CT molecular complexity index is 567. The number of hydrogen-bond donors (Lipinski definition) is 2. The van der Waals surface area contributed by atoms with Gasteiger partial charge in [-0.05, 0) is 49.8 Å². The van der Waals surface area contributed by atoms with Gasteiger partial charge in [-0.2, -0.15) is 0 Å². The molecule has 0 amide bonds. The van der Waals surface area contributed by atoms with E-state index in [0.717, 1.165) is 31.6 Å². The van der Waals surface area contributed by atoms with Crippen molar-refractivity contribution in [3.05, 3.63) is 23.2 Å². The topological polar surface area (TPSA) is 72.2 Å². The first-order chi connectivity index (χ1) is 9.42. The fraction of sp³-hybridized carbons (Fsp3) is 0.571. The van der Waals surface area contributed by atoms with Crippen molar-refractivity contribution in [2.75, 3.05) is 5.73 Å². The molecule has 0 aromatic heterocycles. The predicted octanol–water partition coefficient (Wildman–Crippen LogP) is 3.17. The molecule has 0 bridgehead atoms. The van der Waals surface area contributed by atoms with Gasteiger partial charge in [-0.1, -0.05) is 24.9 Å². The summed E-state index contributed by atoms with van der Waals surface area (Å²) in [5.41, 5.74) is 5.94. The maximum absolute atomic E-state index is 12.3. The molecule has 0 atom stereocenters. The van der Waals surface area contributed by atoms with E-state index in [1.165, 1.54) is 24.6 Å². The molecule has 1 aliphatic carbocycles. The molecule has 4 nitrogen and oxygen atoms in total. The van der Waals surface area contributed by atoms with Gasteiger partial charge in [-0.25, -0.2) is 13.1 Å². The fourth-order valence-corrected chi connectivity index (χ4v) is 4.12. The highest BCUT2D eigenvalue weighted by Gasteiger charge is 2.25. The zero-order valence-corrected chi connectivity index (χ0v) is 13.2. The minimum absolute atomic E-state index is 0.0275. The SMILES string of the molecule is CCC1CCC(NS(=O)(=O)c2ccc(Cl)c(N)c2)CC1. The van der Waals surface area contributed by atoms with Crippen molar-refractivity contribution in [3.63, 3.8) is 0 Å². The van der Waals surface area contributed by atoms with Gasteiger partial charge in [0.15, 0.2) is 0 Å². The molecule has 0 radical (unpaired) electrons. The first-order valence-electron chi connectivity index (χ1n) is 6.99. The van der Waals surface area contributed by atoms with E-state index in [2.05, 4.69) is 11.6 Å². The van der Waals surface area contributed by atoms with Crippen LogP contribution in [0.25, 0.3) is 0 Å². The summed E-state index contributed by atoms with van der Waals surface area (Å²) in [4.78, 5) is 0.178. The van der Waals surface area contributed by atoms with E-state index in [-0.39, 0.29) is 16.6 Å². The molecule has 0 spiro atoms. The van der Waals surface area contributed by atoms with Crippen molar-refractivity contribution in [2.24, 2.45) is 5.92 Å². The van der Waals surface area contributed by atoms with Crippen LogP contribution in [0.3, 0.4) is 0 Å².